The van der Waals surface area contributed by atoms with Crippen molar-refractivity contribution >= 4 is 28.9 Å². The lowest BCUT2D eigenvalue weighted by Gasteiger charge is -2.11. The van der Waals surface area contributed by atoms with Crippen LogP contribution in [0.5, 0.6) is 0 Å². The number of benzene rings is 2. The number of carbonyl (C=O) groups is 1. The van der Waals surface area contributed by atoms with E-state index in [1.54, 1.807) is 0 Å². The molecule has 0 spiro atoms. The summed E-state index contributed by atoms with van der Waals surface area (Å²) in [5.74, 6) is -1.90. The van der Waals surface area contributed by atoms with Crippen LogP contribution in [0.25, 0.3) is 0 Å². The highest BCUT2D eigenvalue weighted by molar-refractivity contribution is 6.30. The number of hydrogen-bond donors (Lipinski definition) is 3. The molecule has 0 radical (unpaired) electrons. The predicted molar refractivity (Wildman–Crippen MR) is 78.1 cm³/mol. The third-order valence-corrected chi connectivity index (χ3v) is 3.16. The normalized spacial score (nSPS) is 10.4. The minimum atomic E-state index is -0.750. The van der Waals surface area contributed by atoms with Gasteiger partial charge in [-0.25, -0.2) is 8.78 Å². The van der Waals surface area contributed by atoms with Gasteiger partial charge in [0.2, 0.25) is 0 Å². The first-order valence-electron chi connectivity index (χ1n) is 5.95. The SMILES string of the molecule is NC(=O)c1cc(NCc2ccc(F)c(Cl)c2)c(F)cc1N. The molecule has 0 bridgehead atoms. The van der Waals surface area contributed by atoms with Gasteiger partial charge in [0.05, 0.1) is 16.3 Å². The van der Waals surface area contributed by atoms with Crippen molar-refractivity contribution in [3.05, 3.63) is 58.1 Å². The van der Waals surface area contributed by atoms with E-state index in [1.165, 1.54) is 24.3 Å². The molecule has 4 nitrogen and oxygen atoms in total. The highest BCUT2D eigenvalue weighted by atomic mass is 35.5. The molecule has 0 saturated carbocycles. The van der Waals surface area contributed by atoms with Gasteiger partial charge in [-0.3, -0.25) is 4.79 Å². The van der Waals surface area contributed by atoms with Crippen molar-refractivity contribution in [2.24, 2.45) is 5.73 Å². The van der Waals surface area contributed by atoms with E-state index in [2.05, 4.69) is 5.32 Å². The van der Waals surface area contributed by atoms with Gasteiger partial charge in [0.25, 0.3) is 5.91 Å². The highest BCUT2D eigenvalue weighted by Gasteiger charge is 2.12. The van der Waals surface area contributed by atoms with Crippen LogP contribution in [-0.2, 0) is 6.54 Å². The van der Waals surface area contributed by atoms with E-state index in [0.717, 1.165) is 6.07 Å². The van der Waals surface area contributed by atoms with Crippen molar-refractivity contribution in [1.82, 2.24) is 0 Å². The number of carbonyl (C=O) groups excluding carboxylic acids is 1. The molecule has 0 aliphatic rings. The second kappa shape index (κ2) is 5.97. The second-order valence-electron chi connectivity index (χ2n) is 4.39. The number of rotatable bonds is 4. The van der Waals surface area contributed by atoms with Crippen LogP contribution in [0.1, 0.15) is 15.9 Å². The Bertz CT molecular complexity index is 707. The molecule has 0 heterocycles. The summed E-state index contributed by atoms with van der Waals surface area (Å²) in [7, 11) is 0. The molecule has 7 heteroatoms. The number of primary amides is 1. The minimum Gasteiger partial charge on any atom is -0.398 e. The number of amides is 1. The molecule has 0 aliphatic carbocycles. The van der Waals surface area contributed by atoms with Crippen LogP contribution in [0.3, 0.4) is 0 Å². The molecule has 0 aliphatic heterocycles. The zero-order valence-corrected chi connectivity index (χ0v) is 11.5. The molecule has 2 rings (SSSR count). The number of halogens is 3. The summed E-state index contributed by atoms with van der Waals surface area (Å²) in [6.07, 6.45) is 0. The summed E-state index contributed by atoms with van der Waals surface area (Å²) < 4.78 is 26.8. The summed E-state index contributed by atoms with van der Waals surface area (Å²) in [6.45, 7) is 0.193. The molecule has 2 aromatic rings. The molecule has 0 unspecified atom stereocenters. The van der Waals surface area contributed by atoms with Crippen molar-refractivity contribution in [1.29, 1.82) is 0 Å². The fraction of sp³-hybridized carbons (Fsp3) is 0.0714. The number of nitrogen functional groups attached to an aromatic ring is 1. The summed E-state index contributed by atoms with van der Waals surface area (Å²) >= 11 is 5.66. The van der Waals surface area contributed by atoms with Gasteiger partial charge < -0.3 is 16.8 Å². The summed E-state index contributed by atoms with van der Waals surface area (Å²) in [5.41, 5.74) is 11.4. The molecule has 0 aromatic heterocycles. The molecule has 0 fully saturated rings. The van der Waals surface area contributed by atoms with Crippen LogP contribution in [0, 0.1) is 11.6 Å². The van der Waals surface area contributed by atoms with E-state index >= 15 is 0 Å². The van der Waals surface area contributed by atoms with Gasteiger partial charge in [-0.05, 0) is 29.8 Å². The zero-order chi connectivity index (χ0) is 15.6. The number of anilines is 2. The largest absolute Gasteiger partial charge is 0.398 e. The van der Waals surface area contributed by atoms with Gasteiger partial charge in [0.1, 0.15) is 11.6 Å². The van der Waals surface area contributed by atoms with Gasteiger partial charge in [0.15, 0.2) is 0 Å². The number of hydrogen-bond acceptors (Lipinski definition) is 3. The van der Waals surface area contributed by atoms with Crippen LogP contribution < -0.4 is 16.8 Å². The van der Waals surface area contributed by atoms with Gasteiger partial charge in [0, 0.05) is 12.2 Å². The fourth-order valence-electron chi connectivity index (χ4n) is 1.78. The standard InChI is InChI=1S/C14H12ClF2N3O/c15-9-3-7(1-2-10(9)16)6-20-13-4-8(14(19)21)12(18)5-11(13)17/h1-5,20H,6,18H2,(H2,19,21). The molecular formula is C14H12ClF2N3O. The van der Waals surface area contributed by atoms with Crippen molar-refractivity contribution in [2.45, 2.75) is 6.54 Å². The first-order chi connectivity index (χ1) is 9.88. The van der Waals surface area contributed by atoms with E-state index in [1.807, 2.05) is 0 Å². The number of nitrogens with two attached hydrogens (primary N) is 2. The third-order valence-electron chi connectivity index (χ3n) is 2.87. The predicted octanol–water partition coefficient (Wildman–Crippen LogP) is 2.91. The Morgan fingerprint density at radius 3 is 2.52 bits per heavy atom. The summed E-state index contributed by atoms with van der Waals surface area (Å²) in [4.78, 5) is 11.2. The monoisotopic (exact) mass is 311 g/mol. The fourth-order valence-corrected chi connectivity index (χ4v) is 1.99. The Kier molecular flexibility index (Phi) is 4.28. The van der Waals surface area contributed by atoms with Crippen molar-refractivity contribution in [3.63, 3.8) is 0 Å². The Hall–Kier alpha value is -2.34. The molecule has 21 heavy (non-hydrogen) atoms. The molecule has 0 saturated heterocycles. The molecular weight excluding hydrogens is 300 g/mol. The second-order valence-corrected chi connectivity index (χ2v) is 4.79. The quantitative estimate of drug-likeness (QED) is 0.759. The van der Waals surface area contributed by atoms with Crippen LogP contribution in [0.15, 0.2) is 30.3 Å². The Balaban J connectivity index is 2.21. The van der Waals surface area contributed by atoms with E-state index < -0.39 is 17.5 Å². The topological polar surface area (TPSA) is 81.1 Å². The average Bonchev–Trinajstić information content (AvgIpc) is 2.41. The maximum atomic E-state index is 13.8. The van der Waals surface area contributed by atoms with Crippen molar-refractivity contribution < 1.29 is 13.6 Å². The van der Waals surface area contributed by atoms with Crippen molar-refractivity contribution in [2.75, 3.05) is 11.1 Å². The molecule has 110 valence electrons. The van der Waals surface area contributed by atoms with Crippen molar-refractivity contribution in [3.8, 4) is 0 Å². The van der Waals surface area contributed by atoms with Crippen LogP contribution in [0.2, 0.25) is 5.02 Å². The van der Waals surface area contributed by atoms with E-state index in [-0.39, 0.29) is 28.5 Å². The molecule has 5 N–H and O–H groups in total. The molecule has 1 amide bonds. The van der Waals surface area contributed by atoms with Crippen LogP contribution in [0.4, 0.5) is 20.2 Å². The van der Waals surface area contributed by atoms with Gasteiger partial charge in [-0.2, -0.15) is 0 Å². The average molecular weight is 312 g/mol. The zero-order valence-electron chi connectivity index (χ0n) is 10.8. The highest BCUT2D eigenvalue weighted by Crippen LogP contribution is 2.23. The number of nitrogens with one attached hydrogen (secondary N) is 1. The van der Waals surface area contributed by atoms with Crippen LogP contribution >= 0.6 is 11.6 Å². The lowest BCUT2D eigenvalue weighted by atomic mass is 10.1. The van der Waals surface area contributed by atoms with E-state index in [9.17, 15) is 13.6 Å². The first-order valence-corrected chi connectivity index (χ1v) is 6.33. The Morgan fingerprint density at radius 2 is 1.90 bits per heavy atom. The lowest BCUT2D eigenvalue weighted by Crippen LogP contribution is -2.15. The summed E-state index contributed by atoms with van der Waals surface area (Å²) in [6, 6.07) is 6.40. The van der Waals surface area contributed by atoms with E-state index in [4.69, 9.17) is 23.1 Å². The maximum absolute atomic E-state index is 13.8. The van der Waals surface area contributed by atoms with Crippen LogP contribution in [-0.4, -0.2) is 5.91 Å². The third kappa shape index (κ3) is 3.41. The summed E-state index contributed by atoms with van der Waals surface area (Å²) in [5, 5.41) is 2.76. The van der Waals surface area contributed by atoms with Gasteiger partial charge >= 0.3 is 0 Å². The molecule has 2 aromatic carbocycles. The van der Waals surface area contributed by atoms with Gasteiger partial charge in [-0.15, -0.1) is 0 Å². The lowest BCUT2D eigenvalue weighted by molar-refractivity contribution is 0.100. The maximum Gasteiger partial charge on any atom is 0.250 e. The smallest absolute Gasteiger partial charge is 0.250 e. The van der Waals surface area contributed by atoms with Gasteiger partial charge in [-0.1, -0.05) is 17.7 Å². The minimum absolute atomic E-state index is 0.0232. The van der Waals surface area contributed by atoms with E-state index in [0.29, 0.717) is 5.56 Å². The molecule has 0 atom stereocenters. The Morgan fingerprint density at radius 1 is 1.19 bits per heavy atom. The Labute approximate surface area is 124 Å². The first kappa shape index (κ1) is 15.1.